The Balaban J connectivity index is 1.50. The van der Waals surface area contributed by atoms with Crippen molar-refractivity contribution < 1.29 is 28.7 Å². The molecule has 6 nitrogen and oxygen atoms in total. The van der Waals surface area contributed by atoms with E-state index < -0.39 is 5.97 Å². The highest BCUT2D eigenvalue weighted by molar-refractivity contribution is 5.96. The number of allylic oxidation sites excluding steroid dienone is 2. The second kappa shape index (κ2) is 9.52. The van der Waals surface area contributed by atoms with Gasteiger partial charge in [0, 0.05) is 11.3 Å². The van der Waals surface area contributed by atoms with Gasteiger partial charge in [-0.05, 0) is 104 Å². The molecule has 0 amide bonds. The maximum absolute atomic E-state index is 14.4. The van der Waals surface area contributed by atoms with E-state index in [2.05, 4.69) is 41.5 Å². The Bertz CT molecular complexity index is 1150. The third kappa shape index (κ3) is 4.08. The lowest BCUT2D eigenvalue weighted by atomic mass is 9.33. The lowest BCUT2D eigenvalue weighted by Gasteiger charge is -2.70. The number of esters is 2. The monoisotopic (exact) mass is 554 g/mol. The zero-order valence-electron chi connectivity index (χ0n) is 26.0. The van der Waals surface area contributed by atoms with Crippen LogP contribution in [0.5, 0.6) is 0 Å². The first-order chi connectivity index (χ1) is 18.5. The van der Waals surface area contributed by atoms with E-state index in [4.69, 9.17) is 9.47 Å². The van der Waals surface area contributed by atoms with E-state index in [1.807, 2.05) is 6.08 Å². The first-order valence-corrected chi connectivity index (χ1v) is 15.6. The minimum absolute atomic E-state index is 0.0926. The number of hydrogen-bond donors (Lipinski definition) is 0. The zero-order valence-corrected chi connectivity index (χ0v) is 26.0. The topological polar surface area (TPSA) is 86.7 Å². The Hall–Kier alpha value is -1.98. The van der Waals surface area contributed by atoms with Crippen molar-refractivity contribution in [3.8, 4) is 0 Å². The maximum atomic E-state index is 14.4. The number of methoxy groups -OCH3 is 1. The highest BCUT2D eigenvalue weighted by Crippen LogP contribution is 2.74. The third-order valence-electron chi connectivity index (χ3n) is 13.4. The molecule has 4 fully saturated rings. The summed E-state index contributed by atoms with van der Waals surface area (Å²) in [7, 11) is 1.48. The van der Waals surface area contributed by atoms with Crippen molar-refractivity contribution >= 4 is 23.5 Å². The molecule has 0 heterocycles. The molecule has 0 bridgehead atoms. The Labute approximate surface area is 240 Å². The SMILES string of the molecule is COC(=O)C1CCC2(C)CCC3(C)C(=CC(=O)C4C5(C)CCC(OC(=O)CC(C)=O)C(C)(C)C5CCC43C)C2C1. The molecule has 5 rings (SSSR count). The average Bonchev–Trinajstić information content (AvgIpc) is 2.86. The van der Waals surface area contributed by atoms with Gasteiger partial charge in [0.15, 0.2) is 5.78 Å². The number of carbonyl (C=O) groups is 4. The Morgan fingerprint density at radius 3 is 2.27 bits per heavy atom. The van der Waals surface area contributed by atoms with Crippen LogP contribution in [0.3, 0.4) is 0 Å². The second-order valence-electron chi connectivity index (χ2n) is 15.7. The average molecular weight is 555 g/mol. The lowest BCUT2D eigenvalue weighted by Crippen LogP contribution is -2.66. The quantitative estimate of drug-likeness (QED) is 0.286. The van der Waals surface area contributed by atoms with Crippen LogP contribution in [0.4, 0.5) is 0 Å². The van der Waals surface area contributed by atoms with Crippen molar-refractivity contribution in [3.05, 3.63) is 11.6 Å². The van der Waals surface area contributed by atoms with E-state index in [0.29, 0.717) is 6.42 Å². The van der Waals surface area contributed by atoms with Crippen LogP contribution < -0.4 is 0 Å². The van der Waals surface area contributed by atoms with Crippen LogP contribution >= 0.6 is 0 Å². The summed E-state index contributed by atoms with van der Waals surface area (Å²) in [4.78, 5) is 51.0. The van der Waals surface area contributed by atoms with Crippen molar-refractivity contribution in [3.63, 3.8) is 0 Å². The van der Waals surface area contributed by atoms with Gasteiger partial charge in [-0.3, -0.25) is 19.2 Å². The van der Waals surface area contributed by atoms with Crippen LogP contribution in [0, 0.1) is 50.7 Å². The number of ether oxygens (including phenoxy) is 2. The molecular weight excluding hydrogens is 504 g/mol. The summed E-state index contributed by atoms with van der Waals surface area (Å²) in [6.07, 6.45) is 9.91. The first kappa shape index (κ1) is 29.5. The van der Waals surface area contributed by atoms with Gasteiger partial charge >= 0.3 is 11.9 Å². The number of carbonyl (C=O) groups excluding carboxylic acids is 4. The molecule has 222 valence electrons. The van der Waals surface area contributed by atoms with Gasteiger partial charge < -0.3 is 9.47 Å². The summed E-state index contributed by atoms with van der Waals surface area (Å²) in [6, 6.07) is 0. The molecule has 6 heteroatoms. The van der Waals surface area contributed by atoms with Gasteiger partial charge in [0.2, 0.25) is 0 Å². The number of rotatable bonds is 4. The minimum atomic E-state index is -0.438. The van der Waals surface area contributed by atoms with Gasteiger partial charge in [-0.25, -0.2) is 0 Å². The van der Waals surface area contributed by atoms with Gasteiger partial charge in [0.1, 0.15) is 18.3 Å². The number of fused-ring (bicyclic) bond motifs is 7. The third-order valence-corrected chi connectivity index (χ3v) is 13.4. The predicted octanol–water partition coefficient (Wildman–Crippen LogP) is 6.64. The first-order valence-electron chi connectivity index (χ1n) is 15.6. The van der Waals surface area contributed by atoms with Crippen LogP contribution in [0.25, 0.3) is 0 Å². The molecule has 9 unspecified atom stereocenters. The lowest BCUT2D eigenvalue weighted by molar-refractivity contribution is -0.210. The summed E-state index contributed by atoms with van der Waals surface area (Å²) in [5.41, 5.74) is 0.637. The molecule has 0 aliphatic heterocycles. The fourth-order valence-electron chi connectivity index (χ4n) is 11.0. The van der Waals surface area contributed by atoms with E-state index >= 15 is 0 Å². The van der Waals surface area contributed by atoms with Crippen molar-refractivity contribution in [2.45, 2.75) is 119 Å². The molecule has 0 N–H and O–H groups in total. The van der Waals surface area contributed by atoms with Crippen LogP contribution in [-0.4, -0.2) is 36.7 Å². The second-order valence-corrected chi connectivity index (χ2v) is 15.7. The van der Waals surface area contributed by atoms with Gasteiger partial charge in [0.05, 0.1) is 13.0 Å². The minimum Gasteiger partial charge on any atom is -0.469 e. The summed E-state index contributed by atoms with van der Waals surface area (Å²) in [5.74, 6) is -0.203. The van der Waals surface area contributed by atoms with Crippen LogP contribution in [0.15, 0.2) is 11.6 Å². The van der Waals surface area contributed by atoms with Crippen LogP contribution in [0.1, 0.15) is 113 Å². The molecule has 5 aliphatic rings. The molecular formula is C34H50O6. The van der Waals surface area contributed by atoms with Crippen molar-refractivity contribution in [1.82, 2.24) is 0 Å². The van der Waals surface area contributed by atoms with E-state index in [1.165, 1.54) is 19.6 Å². The van der Waals surface area contributed by atoms with Crippen molar-refractivity contribution in [1.29, 1.82) is 0 Å². The molecule has 4 saturated carbocycles. The van der Waals surface area contributed by atoms with Crippen LogP contribution in [0.2, 0.25) is 0 Å². The van der Waals surface area contributed by atoms with E-state index in [1.54, 1.807) is 0 Å². The smallest absolute Gasteiger partial charge is 0.313 e. The molecule has 0 spiro atoms. The Morgan fingerprint density at radius 2 is 1.62 bits per heavy atom. The van der Waals surface area contributed by atoms with E-state index in [-0.39, 0.29) is 80.8 Å². The molecule has 0 aromatic rings. The Morgan fingerprint density at radius 1 is 0.925 bits per heavy atom. The van der Waals surface area contributed by atoms with Gasteiger partial charge in [-0.1, -0.05) is 47.1 Å². The van der Waals surface area contributed by atoms with E-state index in [9.17, 15) is 19.2 Å². The normalized spacial score (nSPS) is 45.5. The molecule has 9 atom stereocenters. The molecule has 0 radical (unpaired) electrons. The number of ketones is 2. The summed E-state index contributed by atoms with van der Waals surface area (Å²) >= 11 is 0. The van der Waals surface area contributed by atoms with Gasteiger partial charge in [-0.2, -0.15) is 0 Å². The summed E-state index contributed by atoms with van der Waals surface area (Å²) < 4.78 is 11.1. The largest absolute Gasteiger partial charge is 0.469 e. The highest BCUT2D eigenvalue weighted by Gasteiger charge is 2.70. The molecule has 0 saturated heterocycles. The molecule has 40 heavy (non-hydrogen) atoms. The molecule has 5 aliphatic carbocycles. The van der Waals surface area contributed by atoms with E-state index in [0.717, 1.165) is 51.4 Å². The highest BCUT2D eigenvalue weighted by atomic mass is 16.5. The molecule has 0 aromatic heterocycles. The summed E-state index contributed by atoms with van der Waals surface area (Å²) in [6.45, 7) is 15.3. The standard InChI is InChI=1S/C34H50O6/c1-20(35)17-27(37)40-26-11-13-32(5)25(30(26,2)3)10-14-34(7)28(32)24(36)19-23-22-18-21(29(38)39-8)9-12-31(22,4)15-16-33(23,34)6/h19,21-22,25-26,28H,9-18H2,1-8H3. The fourth-order valence-corrected chi connectivity index (χ4v) is 11.0. The van der Waals surface area contributed by atoms with Crippen molar-refractivity contribution in [2.24, 2.45) is 50.7 Å². The van der Waals surface area contributed by atoms with Crippen LogP contribution in [-0.2, 0) is 28.7 Å². The number of Topliss-reactive ketones (excluding diaryl/α,β-unsaturated/α-hetero) is 1. The number of hydrogen-bond acceptors (Lipinski definition) is 6. The van der Waals surface area contributed by atoms with Gasteiger partial charge in [0.25, 0.3) is 0 Å². The Kier molecular flexibility index (Phi) is 7.03. The molecule has 0 aromatic carbocycles. The fraction of sp³-hybridized carbons (Fsp3) is 0.824. The summed E-state index contributed by atoms with van der Waals surface area (Å²) in [5, 5.41) is 0. The van der Waals surface area contributed by atoms with Crippen molar-refractivity contribution in [2.75, 3.05) is 7.11 Å². The maximum Gasteiger partial charge on any atom is 0.313 e. The zero-order chi connectivity index (χ0) is 29.5. The predicted molar refractivity (Wildman–Crippen MR) is 152 cm³/mol. The van der Waals surface area contributed by atoms with Gasteiger partial charge in [-0.15, -0.1) is 0 Å².